The third kappa shape index (κ3) is 3.00. The third-order valence-electron chi connectivity index (χ3n) is 3.00. The first-order valence-corrected chi connectivity index (χ1v) is 6.95. The van der Waals surface area contributed by atoms with Crippen molar-refractivity contribution in [1.82, 2.24) is 0 Å². The second-order valence-electron chi connectivity index (χ2n) is 4.76. The molecular formula is C13H15F2NO2S. The Bertz CT molecular complexity index is 476. The van der Waals surface area contributed by atoms with E-state index < -0.39 is 17.6 Å². The molecule has 2 rings (SSSR count). The number of halogens is 2. The highest BCUT2D eigenvalue weighted by Gasteiger charge is 2.27. The number of carbonyl (C=O) groups is 1. The molecule has 0 aromatic heterocycles. The molecule has 1 heterocycles. The fourth-order valence-corrected chi connectivity index (χ4v) is 3.68. The minimum absolute atomic E-state index is 0.121. The van der Waals surface area contributed by atoms with Gasteiger partial charge in [-0.25, -0.2) is 13.6 Å². The van der Waals surface area contributed by atoms with Crippen molar-refractivity contribution in [2.24, 2.45) is 0 Å². The van der Waals surface area contributed by atoms with Crippen LogP contribution in [0.3, 0.4) is 0 Å². The molecule has 3 nitrogen and oxygen atoms in total. The van der Waals surface area contributed by atoms with Crippen molar-refractivity contribution in [2.45, 2.75) is 24.3 Å². The van der Waals surface area contributed by atoms with Crippen molar-refractivity contribution < 1.29 is 18.7 Å². The highest BCUT2D eigenvalue weighted by atomic mass is 32.2. The van der Waals surface area contributed by atoms with Crippen LogP contribution in [0.1, 0.15) is 24.2 Å². The highest BCUT2D eigenvalue weighted by molar-refractivity contribution is 8.00. The van der Waals surface area contributed by atoms with E-state index in [9.17, 15) is 13.6 Å². The minimum atomic E-state index is -1.33. The van der Waals surface area contributed by atoms with Crippen molar-refractivity contribution in [2.75, 3.05) is 18.0 Å². The van der Waals surface area contributed by atoms with Crippen molar-refractivity contribution in [3.05, 3.63) is 29.3 Å². The zero-order valence-corrected chi connectivity index (χ0v) is 11.5. The van der Waals surface area contributed by atoms with Crippen LogP contribution in [0, 0.1) is 11.6 Å². The van der Waals surface area contributed by atoms with E-state index >= 15 is 0 Å². The Morgan fingerprint density at radius 3 is 2.16 bits per heavy atom. The minimum Gasteiger partial charge on any atom is -0.478 e. The lowest BCUT2D eigenvalue weighted by molar-refractivity contribution is 0.0695. The van der Waals surface area contributed by atoms with E-state index in [0.29, 0.717) is 13.1 Å². The predicted molar refractivity (Wildman–Crippen MR) is 72.0 cm³/mol. The molecule has 1 aromatic rings. The number of hydrogen-bond acceptors (Lipinski definition) is 3. The standard InChI is InChI=1S/C13H15F2NO2S/c1-7-5-16(6-8(2)19-7)12-10(14)3-9(13(17)18)4-11(12)15/h3-4,7-8H,5-6H2,1-2H3,(H,17,18). The van der Waals surface area contributed by atoms with Crippen molar-refractivity contribution in [3.63, 3.8) is 0 Å². The number of aromatic carboxylic acids is 1. The summed E-state index contributed by atoms with van der Waals surface area (Å²) in [6.45, 7) is 5.12. The molecule has 1 fully saturated rings. The summed E-state index contributed by atoms with van der Waals surface area (Å²) in [6.07, 6.45) is 0. The van der Waals surface area contributed by atoms with Gasteiger partial charge in [-0.3, -0.25) is 0 Å². The lowest BCUT2D eigenvalue weighted by Gasteiger charge is -2.36. The molecule has 19 heavy (non-hydrogen) atoms. The molecule has 0 amide bonds. The summed E-state index contributed by atoms with van der Waals surface area (Å²) in [5.74, 6) is -2.97. The molecule has 1 saturated heterocycles. The smallest absolute Gasteiger partial charge is 0.335 e. The van der Waals surface area contributed by atoms with Gasteiger partial charge < -0.3 is 10.0 Å². The molecule has 104 valence electrons. The molecule has 0 saturated carbocycles. The first kappa shape index (κ1) is 14.1. The van der Waals surface area contributed by atoms with Crippen molar-refractivity contribution in [3.8, 4) is 0 Å². The molecule has 1 aliphatic rings. The maximum atomic E-state index is 14.0. The normalized spacial score (nSPS) is 23.5. The van der Waals surface area contributed by atoms with Crippen molar-refractivity contribution >= 4 is 23.4 Å². The van der Waals surface area contributed by atoms with E-state index in [1.54, 1.807) is 16.7 Å². The molecule has 0 bridgehead atoms. The van der Waals surface area contributed by atoms with Gasteiger partial charge in [0, 0.05) is 23.6 Å². The lowest BCUT2D eigenvalue weighted by atomic mass is 10.1. The fraction of sp³-hybridized carbons (Fsp3) is 0.462. The monoisotopic (exact) mass is 287 g/mol. The topological polar surface area (TPSA) is 40.5 Å². The number of anilines is 1. The number of hydrogen-bond donors (Lipinski definition) is 1. The number of carboxylic acid groups (broad SMARTS) is 1. The maximum absolute atomic E-state index is 14.0. The first-order valence-electron chi connectivity index (χ1n) is 6.01. The average molecular weight is 287 g/mol. The van der Waals surface area contributed by atoms with Gasteiger partial charge in [-0.05, 0) is 12.1 Å². The Morgan fingerprint density at radius 1 is 1.26 bits per heavy atom. The molecule has 1 N–H and O–H groups in total. The first-order chi connectivity index (χ1) is 8.88. The van der Waals surface area contributed by atoms with Crippen molar-refractivity contribution in [1.29, 1.82) is 0 Å². The van der Waals surface area contributed by atoms with Gasteiger partial charge in [-0.15, -0.1) is 0 Å². The summed E-state index contributed by atoms with van der Waals surface area (Å²) in [5.41, 5.74) is -0.491. The number of nitrogens with zero attached hydrogens (tertiary/aromatic N) is 1. The van der Waals surface area contributed by atoms with Crippen LogP contribution in [0.4, 0.5) is 14.5 Å². The Hall–Kier alpha value is -1.30. The van der Waals surface area contributed by atoms with Crippen LogP contribution in [-0.4, -0.2) is 34.7 Å². The van der Waals surface area contributed by atoms with Crippen LogP contribution in [0.5, 0.6) is 0 Å². The van der Waals surface area contributed by atoms with Gasteiger partial charge in [0.05, 0.1) is 5.56 Å². The molecule has 1 aliphatic heterocycles. The van der Waals surface area contributed by atoms with E-state index in [0.717, 1.165) is 12.1 Å². The summed E-state index contributed by atoms with van der Waals surface area (Å²) in [5, 5.41) is 9.33. The van der Waals surface area contributed by atoms with E-state index in [1.807, 2.05) is 13.8 Å². The number of thioether (sulfide) groups is 1. The summed E-state index contributed by atoms with van der Waals surface area (Å²) >= 11 is 1.78. The Labute approximate surface area is 114 Å². The average Bonchev–Trinajstić information content (AvgIpc) is 2.26. The summed E-state index contributed by atoms with van der Waals surface area (Å²) < 4.78 is 27.9. The van der Waals surface area contributed by atoms with Crippen LogP contribution in [0.2, 0.25) is 0 Å². The van der Waals surface area contributed by atoms with Gasteiger partial charge >= 0.3 is 5.97 Å². The zero-order chi connectivity index (χ0) is 14.2. The van der Waals surface area contributed by atoms with Crippen LogP contribution < -0.4 is 4.90 Å². The summed E-state index contributed by atoms with van der Waals surface area (Å²) in [7, 11) is 0. The summed E-state index contributed by atoms with van der Waals surface area (Å²) in [6, 6.07) is 1.75. The highest BCUT2D eigenvalue weighted by Crippen LogP contribution is 2.32. The number of carboxylic acids is 1. The van der Waals surface area contributed by atoms with E-state index in [2.05, 4.69) is 0 Å². The molecule has 6 heteroatoms. The molecule has 2 atom stereocenters. The predicted octanol–water partition coefficient (Wildman–Crippen LogP) is 2.99. The van der Waals surface area contributed by atoms with E-state index in [4.69, 9.17) is 5.11 Å². The van der Waals surface area contributed by atoms with Crippen LogP contribution >= 0.6 is 11.8 Å². The Kier molecular flexibility index (Phi) is 3.99. The number of rotatable bonds is 2. The number of benzene rings is 1. The van der Waals surface area contributed by atoms with Gasteiger partial charge in [-0.2, -0.15) is 11.8 Å². The zero-order valence-electron chi connectivity index (χ0n) is 10.7. The SMILES string of the molecule is CC1CN(c2c(F)cc(C(=O)O)cc2F)CC(C)S1. The molecule has 0 radical (unpaired) electrons. The third-order valence-corrected chi connectivity index (χ3v) is 4.23. The van der Waals surface area contributed by atoms with E-state index in [1.165, 1.54) is 0 Å². The van der Waals surface area contributed by atoms with Gasteiger partial charge in [0.25, 0.3) is 0 Å². The molecule has 1 aromatic carbocycles. The molecular weight excluding hydrogens is 272 g/mol. The Balaban J connectivity index is 2.37. The van der Waals surface area contributed by atoms with E-state index in [-0.39, 0.29) is 21.8 Å². The fourth-order valence-electron chi connectivity index (χ4n) is 2.35. The Morgan fingerprint density at radius 2 is 1.74 bits per heavy atom. The second kappa shape index (κ2) is 5.36. The van der Waals surface area contributed by atoms with Crippen LogP contribution in [0.25, 0.3) is 0 Å². The largest absolute Gasteiger partial charge is 0.478 e. The van der Waals surface area contributed by atoms with Gasteiger partial charge in [0.2, 0.25) is 0 Å². The molecule has 0 spiro atoms. The van der Waals surface area contributed by atoms with Crippen LogP contribution in [0.15, 0.2) is 12.1 Å². The quantitative estimate of drug-likeness (QED) is 0.908. The summed E-state index contributed by atoms with van der Waals surface area (Å²) in [4.78, 5) is 12.4. The maximum Gasteiger partial charge on any atom is 0.335 e. The van der Waals surface area contributed by atoms with Crippen LogP contribution in [-0.2, 0) is 0 Å². The molecule has 2 unspecified atom stereocenters. The van der Waals surface area contributed by atoms with Gasteiger partial charge in [0.15, 0.2) is 0 Å². The lowest BCUT2D eigenvalue weighted by Crippen LogP contribution is -2.41. The van der Waals surface area contributed by atoms with Gasteiger partial charge in [-0.1, -0.05) is 13.8 Å². The second-order valence-corrected chi connectivity index (χ2v) is 6.64. The molecule has 0 aliphatic carbocycles. The van der Waals surface area contributed by atoms with Gasteiger partial charge in [0.1, 0.15) is 17.3 Å².